The van der Waals surface area contributed by atoms with Crippen LogP contribution in [-0.4, -0.2) is 46.2 Å². The number of piperidine rings is 1. The van der Waals surface area contributed by atoms with Gasteiger partial charge in [-0.05, 0) is 39.7 Å². The number of esters is 1. The van der Waals surface area contributed by atoms with Crippen LogP contribution >= 0.6 is 0 Å². The molecule has 3 heterocycles. The summed E-state index contributed by atoms with van der Waals surface area (Å²) in [4.78, 5) is 19.5. The van der Waals surface area contributed by atoms with Gasteiger partial charge >= 0.3 is 5.97 Å². The number of likely N-dealkylation sites (N-methyl/N-ethyl adjacent to an activating group) is 1. The molecule has 4 rings (SSSR count). The van der Waals surface area contributed by atoms with E-state index in [4.69, 9.17) is 9.26 Å². The number of hydrogen-bond donors (Lipinski definition) is 0. The van der Waals surface area contributed by atoms with Crippen molar-refractivity contribution in [3.8, 4) is 0 Å². The van der Waals surface area contributed by atoms with Gasteiger partial charge in [0, 0.05) is 18.5 Å². The van der Waals surface area contributed by atoms with Crippen LogP contribution in [-0.2, 0) is 9.53 Å². The SMILES string of the molecule is Cc1noc(C2C3CC[C@H](C[C@@H]2OC(=O)C2CCCCC2)N3C)n1. The summed E-state index contributed by atoms with van der Waals surface area (Å²) in [6, 6.07) is 0.826. The third kappa shape index (κ3) is 2.85. The number of aromatic nitrogens is 2. The number of rotatable bonds is 3. The van der Waals surface area contributed by atoms with Crippen LogP contribution in [0.25, 0.3) is 0 Å². The lowest BCUT2D eigenvalue weighted by Crippen LogP contribution is -2.49. The molecule has 0 amide bonds. The number of fused-ring (bicyclic) bond motifs is 2. The van der Waals surface area contributed by atoms with Crippen molar-refractivity contribution in [2.45, 2.75) is 82.4 Å². The molecule has 1 aromatic heterocycles. The summed E-state index contributed by atoms with van der Waals surface area (Å²) in [6.07, 6.45) is 8.48. The highest BCUT2D eigenvalue weighted by molar-refractivity contribution is 5.72. The van der Waals surface area contributed by atoms with Crippen molar-refractivity contribution in [2.75, 3.05) is 7.05 Å². The summed E-state index contributed by atoms with van der Waals surface area (Å²) in [5.74, 6) is 1.35. The fourth-order valence-corrected chi connectivity index (χ4v) is 4.90. The average molecular weight is 333 g/mol. The van der Waals surface area contributed by atoms with E-state index in [9.17, 15) is 4.79 Å². The summed E-state index contributed by atoms with van der Waals surface area (Å²) in [5.41, 5.74) is 0. The molecule has 2 bridgehead atoms. The molecule has 1 aromatic rings. The Morgan fingerprint density at radius 1 is 1.21 bits per heavy atom. The minimum absolute atomic E-state index is 0.00231. The molecule has 0 radical (unpaired) electrons. The molecular weight excluding hydrogens is 306 g/mol. The average Bonchev–Trinajstić information content (AvgIpc) is 3.10. The lowest BCUT2D eigenvalue weighted by atomic mass is 9.86. The zero-order valence-electron chi connectivity index (χ0n) is 14.6. The molecule has 2 unspecified atom stereocenters. The Morgan fingerprint density at radius 3 is 2.71 bits per heavy atom. The van der Waals surface area contributed by atoms with Crippen LogP contribution in [0.15, 0.2) is 4.52 Å². The van der Waals surface area contributed by atoms with Gasteiger partial charge in [0.05, 0.1) is 11.8 Å². The lowest BCUT2D eigenvalue weighted by molar-refractivity contribution is -0.160. The van der Waals surface area contributed by atoms with Gasteiger partial charge in [-0.25, -0.2) is 0 Å². The van der Waals surface area contributed by atoms with Crippen molar-refractivity contribution in [2.24, 2.45) is 5.92 Å². The molecule has 2 aliphatic heterocycles. The number of ether oxygens (including phenoxy) is 1. The Kier molecular flexibility index (Phi) is 4.33. The number of nitrogens with zero attached hydrogens (tertiary/aromatic N) is 3. The molecule has 6 heteroatoms. The molecule has 6 nitrogen and oxygen atoms in total. The first-order valence-corrected chi connectivity index (χ1v) is 9.36. The van der Waals surface area contributed by atoms with Gasteiger partial charge in [0.1, 0.15) is 6.10 Å². The molecule has 1 saturated carbocycles. The van der Waals surface area contributed by atoms with Gasteiger partial charge in [-0.2, -0.15) is 4.98 Å². The molecule has 24 heavy (non-hydrogen) atoms. The monoisotopic (exact) mass is 333 g/mol. The molecule has 0 spiro atoms. The quantitative estimate of drug-likeness (QED) is 0.792. The van der Waals surface area contributed by atoms with Crippen molar-refractivity contribution < 1.29 is 14.1 Å². The summed E-state index contributed by atoms with van der Waals surface area (Å²) >= 11 is 0. The number of hydrogen-bond acceptors (Lipinski definition) is 6. The standard InChI is InChI=1S/C18H27N3O3/c1-11-19-17(24-20-11)16-14-9-8-13(21(14)2)10-15(16)23-18(22)12-6-4-3-5-7-12/h12-16H,3-10H2,1-2H3/t13-,14?,15+,16?/m1/s1. The summed E-state index contributed by atoms with van der Waals surface area (Å²) in [6.45, 7) is 1.83. The van der Waals surface area contributed by atoms with E-state index >= 15 is 0 Å². The number of aryl methyl sites for hydroxylation is 1. The van der Waals surface area contributed by atoms with E-state index in [1.165, 1.54) is 6.42 Å². The van der Waals surface area contributed by atoms with Crippen molar-refractivity contribution in [1.82, 2.24) is 15.0 Å². The molecule has 2 saturated heterocycles. The molecule has 0 aromatic carbocycles. The van der Waals surface area contributed by atoms with Crippen molar-refractivity contribution >= 4 is 5.97 Å². The summed E-state index contributed by atoms with van der Waals surface area (Å²) in [7, 11) is 2.16. The van der Waals surface area contributed by atoms with Crippen LogP contribution in [0, 0.1) is 12.8 Å². The molecule has 3 fully saturated rings. The molecule has 0 N–H and O–H groups in total. The Hall–Kier alpha value is -1.43. The van der Waals surface area contributed by atoms with E-state index in [0.29, 0.717) is 23.8 Å². The molecular formula is C18H27N3O3. The maximum absolute atomic E-state index is 12.7. The molecule has 3 aliphatic rings. The Balaban J connectivity index is 1.54. The van der Waals surface area contributed by atoms with E-state index in [2.05, 4.69) is 22.1 Å². The zero-order valence-corrected chi connectivity index (χ0v) is 14.6. The van der Waals surface area contributed by atoms with Gasteiger partial charge in [-0.15, -0.1) is 0 Å². The van der Waals surface area contributed by atoms with Crippen molar-refractivity contribution in [1.29, 1.82) is 0 Å². The van der Waals surface area contributed by atoms with E-state index in [1.54, 1.807) is 0 Å². The third-order valence-electron chi connectivity index (χ3n) is 6.25. The Labute approximate surface area is 142 Å². The minimum Gasteiger partial charge on any atom is -0.461 e. The Morgan fingerprint density at radius 2 is 2.00 bits per heavy atom. The van der Waals surface area contributed by atoms with Gasteiger partial charge in [0.25, 0.3) is 0 Å². The second-order valence-corrected chi connectivity index (χ2v) is 7.72. The highest BCUT2D eigenvalue weighted by Gasteiger charge is 2.50. The van der Waals surface area contributed by atoms with E-state index in [-0.39, 0.29) is 23.9 Å². The van der Waals surface area contributed by atoms with Crippen LogP contribution < -0.4 is 0 Å². The second-order valence-electron chi connectivity index (χ2n) is 7.72. The van der Waals surface area contributed by atoms with Gasteiger partial charge in [-0.1, -0.05) is 24.4 Å². The van der Waals surface area contributed by atoms with Gasteiger partial charge in [-0.3, -0.25) is 9.69 Å². The van der Waals surface area contributed by atoms with E-state index in [0.717, 1.165) is 44.9 Å². The van der Waals surface area contributed by atoms with E-state index < -0.39 is 0 Å². The first-order valence-electron chi connectivity index (χ1n) is 9.36. The fraction of sp³-hybridized carbons (Fsp3) is 0.833. The molecule has 132 valence electrons. The van der Waals surface area contributed by atoms with Crippen LogP contribution in [0.4, 0.5) is 0 Å². The number of carbonyl (C=O) groups is 1. The predicted molar refractivity (Wildman–Crippen MR) is 87.4 cm³/mol. The highest BCUT2D eigenvalue weighted by atomic mass is 16.5. The fourth-order valence-electron chi connectivity index (χ4n) is 4.90. The van der Waals surface area contributed by atoms with Crippen LogP contribution in [0.3, 0.4) is 0 Å². The smallest absolute Gasteiger partial charge is 0.309 e. The first kappa shape index (κ1) is 16.1. The maximum Gasteiger partial charge on any atom is 0.309 e. The summed E-state index contributed by atoms with van der Waals surface area (Å²) < 4.78 is 11.5. The van der Waals surface area contributed by atoms with Crippen molar-refractivity contribution in [3.63, 3.8) is 0 Å². The third-order valence-corrected chi connectivity index (χ3v) is 6.25. The largest absolute Gasteiger partial charge is 0.461 e. The van der Waals surface area contributed by atoms with Crippen LogP contribution in [0.5, 0.6) is 0 Å². The molecule has 1 aliphatic carbocycles. The van der Waals surface area contributed by atoms with Crippen molar-refractivity contribution in [3.05, 3.63) is 11.7 Å². The predicted octanol–water partition coefficient (Wildman–Crippen LogP) is 2.82. The topological polar surface area (TPSA) is 68.5 Å². The second kappa shape index (κ2) is 6.47. The first-order chi connectivity index (χ1) is 11.6. The van der Waals surface area contributed by atoms with Crippen LogP contribution in [0.2, 0.25) is 0 Å². The lowest BCUT2D eigenvalue weighted by Gasteiger charge is -2.41. The highest BCUT2D eigenvalue weighted by Crippen LogP contribution is 2.44. The minimum atomic E-state index is -0.132. The maximum atomic E-state index is 12.7. The summed E-state index contributed by atoms with van der Waals surface area (Å²) in [5, 5.41) is 3.96. The van der Waals surface area contributed by atoms with Gasteiger partial charge in [0.15, 0.2) is 5.82 Å². The van der Waals surface area contributed by atoms with Crippen LogP contribution in [0.1, 0.15) is 69.0 Å². The Bertz CT molecular complexity index is 596. The molecule has 4 atom stereocenters. The normalized spacial score (nSPS) is 34.4. The number of carbonyl (C=O) groups excluding carboxylic acids is 1. The zero-order chi connectivity index (χ0) is 16.7. The van der Waals surface area contributed by atoms with E-state index in [1.807, 2.05) is 6.92 Å². The van der Waals surface area contributed by atoms with Gasteiger partial charge < -0.3 is 9.26 Å². The van der Waals surface area contributed by atoms with Gasteiger partial charge in [0.2, 0.25) is 5.89 Å².